The monoisotopic (exact) mass is 584 g/mol. The largest absolute Gasteiger partial charge is 0.493 e. The molecule has 1 atom stereocenters. The van der Waals surface area contributed by atoms with Crippen molar-refractivity contribution in [2.45, 2.75) is 39.0 Å². The summed E-state index contributed by atoms with van der Waals surface area (Å²) in [5.74, 6) is 1.70. The van der Waals surface area contributed by atoms with Crippen LogP contribution in [-0.2, 0) is 24.5 Å². The van der Waals surface area contributed by atoms with Crippen LogP contribution in [0.2, 0.25) is 0 Å². The molecule has 2 aromatic heterocycles. The van der Waals surface area contributed by atoms with Crippen molar-refractivity contribution in [1.29, 1.82) is 0 Å². The van der Waals surface area contributed by atoms with Gasteiger partial charge < -0.3 is 23.8 Å². The number of carbonyl (C=O) groups excluding carboxylic acids is 1. The van der Waals surface area contributed by atoms with Gasteiger partial charge in [-0.2, -0.15) is 0 Å². The van der Waals surface area contributed by atoms with Crippen molar-refractivity contribution in [3.8, 4) is 11.5 Å². The van der Waals surface area contributed by atoms with Gasteiger partial charge in [0, 0.05) is 36.0 Å². The van der Waals surface area contributed by atoms with Gasteiger partial charge in [0.25, 0.3) is 0 Å². The van der Waals surface area contributed by atoms with Crippen LogP contribution in [0.25, 0.3) is 10.9 Å². The first kappa shape index (κ1) is 28.9. The van der Waals surface area contributed by atoms with Crippen LogP contribution >= 0.6 is 0 Å². The van der Waals surface area contributed by atoms with Crippen molar-refractivity contribution >= 4 is 16.8 Å². The number of para-hydroxylation sites is 1. The third-order valence-corrected chi connectivity index (χ3v) is 7.92. The fraction of sp³-hybridized carbons (Fsp3) is 0.184. The number of rotatable bonds is 12. The van der Waals surface area contributed by atoms with E-state index in [9.17, 15) is 4.79 Å². The maximum absolute atomic E-state index is 13.5. The predicted molar refractivity (Wildman–Crippen MR) is 173 cm³/mol. The summed E-state index contributed by atoms with van der Waals surface area (Å²) in [6.07, 6.45) is 4.06. The molecule has 0 spiro atoms. The van der Waals surface area contributed by atoms with E-state index in [2.05, 4.69) is 71.5 Å². The highest BCUT2D eigenvalue weighted by molar-refractivity contribution is 5.87. The third kappa shape index (κ3) is 6.70. The molecular weight excluding hydrogens is 548 g/mol. The highest BCUT2D eigenvalue weighted by Crippen LogP contribution is 2.39. The van der Waals surface area contributed by atoms with E-state index in [0.29, 0.717) is 30.4 Å². The Balaban J connectivity index is 1.37. The summed E-state index contributed by atoms with van der Waals surface area (Å²) in [6, 6.07) is 36.7. The zero-order chi connectivity index (χ0) is 30.3. The van der Waals surface area contributed by atoms with Gasteiger partial charge in [-0.15, -0.1) is 0 Å². The summed E-state index contributed by atoms with van der Waals surface area (Å²) < 4.78 is 19.7. The van der Waals surface area contributed by atoms with E-state index in [4.69, 9.17) is 13.9 Å². The molecule has 6 rings (SSSR count). The van der Waals surface area contributed by atoms with Gasteiger partial charge in [0.2, 0.25) is 5.91 Å². The molecule has 44 heavy (non-hydrogen) atoms. The topological polar surface area (TPSA) is 65.6 Å². The predicted octanol–water partition coefficient (Wildman–Crippen LogP) is 8.02. The fourth-order valence-electron chi connectivity index (χ4n) is 5.60. The van der Waals surface area contributed by atoms with Gasteiger partial charge in [-0.05, 0) is 59.5 Å². The zero-order valence-corrected chi connectivity index (χ0v) is 25.0. The van der Waals surface area contributed by atoms with Crippen molar-refractivity contribution in [2.75, 3.05) is 7.11 Å². The molecule has 6 nitrogen and oxygen atoms in total. The Hall–Kier alpha value is -5.23. The number of carbonyl (C=O) groups is 1. The summed E-state index contributed by atoms with van der Waals surface area (Å²) in [6.45, 7) is 3.57. The van der Waals surface area contributed by atoms with Crippen molar-refractivity contribution in [3.63, 3.8) is 0 Å². The lowest BCUT2D eigenvalue weighted by Crippen LogP contribution is -2.24. The molecule has 222 valence electrons. The first-order valence-electron chi connectivity index (χ1n) is 14.8. The molecule has 1 unspecified atom stereocenters. The molecule has 6 aromatic rings. The molecule has 2 heterocycles. The maximum atomic E-state index is 13.5. The molecule has 6 heteroatoms. The number of methoxy groups -OCH3 is 1. The van der Waals surface area contributed by atoms with E-state index < -0.39 is 0 Å². The first-order valence-corrected chi connectivity index (χ1v) is 14.8. The molecule has 1 amide bonds. The number of fused-ring (bicyclic) bond motifs is 1. The van der Waals surface area contributed by atoms with E-state index in [1.807, 2.05) is 60.7 Å². The van der Waals surface area contributed by atoms with Crippen LogP contribution in [0, 0.1) is 6.92 Å². The lowest BCUT2D eigenvalue weighted by atomic mass is 9.87. The van der Waals surface area contributed by atoms with Crippen molar-refractivity contribution in [3.05, 3.63) is 155 Å². The maximum Gasteiger partial charge on any atom is 0.221 e. The normalized spacial score (nSPS) is 11.8. The summed E-state index contributed by atoms with van der Waals surface area (Å²) >= 11 is 0. The molecule has 0 aliphatic carbocycles. The Morgan fingerprint density at radius 3 is 2.43 bits per heavy atom. The number of benzene rings is 4. The van der Waals surface area contributed by atoms with Crippen molar-refractivity contribution in [2.24, 2.45) is 0 Å². The summed E-state index contributed by atoms with van der Waals surface area (Å²) in [5, 5.41) is 4.16. The number of amides is 1. The molecule has 1 N–H and O–H groups in total. The number of nitrogens with zero attached hydrogens (tertiary/aromatic N) is 1. The smallest absolute Gasteiger partial charge is 0.221 e. The van der Waals surface area contributed by atoms with E-state index >= 15 is 0 Å². The minimum atomic E-state index is -0.235. The second-order valence-corrected chi connectivity index (χ2v) is 11.0. The number of hydrogen-bond donors (Lipinski definition) is 1. The number of hydrogen-bond acceptors (Lipinski definition) is 4. The fourth-order valence-corrected chi connectivity index (χ4v) is 5.60. The summed E-state index contributed by atoms with van der Waals surface area (Å²) in [5.41, 5.74) is 6.69. The molecule has 0 fully saturated rings. The second kappa shape index (κ2) is 13.4. The standard InChI is InChI=1S/C38H36N2O4/c1-27-14-16-28(17-15-27)24-40-25-34(32-12-6-7-13-35(32)40)33(22-38(41)39-23-31-11-8-20-43-31)30-18-19-36(42-2)37(21-30)44-26-29-9-4-3-5-10-29/h3-21,25,33H,22-24,26H2,1-2H3,(H,39,41). The Labute approximate surface area is 257 Å². The zero-order valence-electron chi connectivity index (χ0n) is 25.0. The van der Waals surface area contributed by atoms with Crippen LogP contribution in [0.1, 0.15) is 45.9 Å². The number of nitrogens with one attached hydrogen (secondary N) is 1. The van der Waals surface area contributed by atoms with Gasteiger partial charge in [0.05, 0.1) is 19.9 Å². The molecule has 0 aliphatic heterocycles. The first-order chi connectivity index (χ1) is 21.6. The van der Waals surface area contributed by atoms with Crippen LogP contribution in [0.5, 0.6) is 11.5 Å². The van der Waals surface area contributed by atoms with Crippen molar-refractivity contribution < 1.29 is 18.7 Å². The molecular formula is C38H36N2O4. The highest BCUT2D eigenvalue weighted by atomic mass is 16.5. The van der Waals surface area contributed by atoms with Gasteiger partial charge in [0.1, 0.15) is 12.4 Å². The highest BCUT2D eigenvalue weighted by Gasteiger charge is 2.24. The Kier molecular flexibility index (Phi) is 8.78. The number of furan rings is 1. The van der Waals surface area contributed by atoms with Crippen LogP contribution in [0.3, 0.4) is 0 Å². The third-order valence-electron chi connectivity index (χ3n) is 7.92. The molecule has 0 radical (unpaired) electrons. The lowest BCUT2D eigenvalue weighted by Gasteiger charge is -2.20. The summed E-state index contributed by atoms with van der Waals surface area (Å²) in [4.78, 5) is 13.5. The van der Waals surface area contributed by atoms with Gasteiger partial charge in [-0.1, -0.05) is 84.4 Å². The van der Waals surface area contributed by atoms with Crippen molar-refractivity contribution in [1.82, 2.24) is 9.88 Å². The molecule has 0 bridgehead atoms. The second-order valence-electron chi connectivity index (χ2n) is 11.0. The van der Waals surface area contributed by atoms with Crippen LogP contribution in [0.4, 0.5) is 0 Å². The Morgan fingerprint density at radius 2 is 1.66 bits per heavy atom. The average Bonchev–Trinajstić information content (AvgIpc) is 3.71. The minimum Gasteiger partial charge on any atom is -0.493 e. The lowest BCUT2D eigenvalue weighted by molar-refractivity contribution is -0.121. The number of aryl methyl sites for hydroxylation is 1. The van der Waals surface area contributed by atoms with Crippen LogP contribution in [-0.4, -0.2) is 17.6 Å². The summed E-state index contributed by atoms with van der Waals surface area (Å²) in [7, 11) is 1.64. The van der Waals surface area contributed by atoms with Crippen LogP contribution in [0.15, 0.2) is 126 Å². The van der Waals surface area contributed by atoms with Gasteiger partial charge in [-0.25, -0.2) is 0 Å². The molecule has 0 aliphatic rings. The van der Waals surface area contributed by atoms with E-state index in [1.54, 1.807) is 13.4 Å². The van der Waals surface area contributed by atoms with Crippen LogP contribution < -0.4 is 14.8 Å². The van der Waals surface area contributed by atoms with Gasteiger partial charge in [-0.3, -0.25) is 4.79 Å². The number of ether oxygens (including phenoxy) is 2. The van der Waals surface area contributed by atoms with Gasteiger partial charge in [0.15, 0.2) is 11.5 Å². The van der Waals surface area contributed by atoms with E-state index in [0.717, 1.165) is 34.1 Å². The minimum absolute atomic E-state index is 0.0654. The molecule has 0 saturated heterocycles. The Bertz CT molecular complexity index is 1820. The van der Waals surface area contributed by atoms with E-state index in [-0.39, 0.29) is 18.2 Å². The quantitative estimate of drug-likeness (QED) is 0.158. The molecule has 4 aromatic carbocycles. The number of aromatic nitrogens is 1. The Morgan fingerprint density at radius 1 is 0.864 bits per heavy atom. The van der Waals surface area contributed by atoms with Gasteiger partial charge >= 0.3 is 0 Å². The average molecular weight is 585 g/mol. The SMILES string of the molecule is COc1ccc(C(CC(=O)NCc2ccco2)c2cn(Cc3ccc(C)cc3)c3ccccc23)cc1OCc1ccccc1. The van der Waals surface area contributed by atoms with E-state index in [1.165, 1.54) is 11.1 Å². The molecule has 0 saturated carbocycles.